The van der Waals surface area contributed by atoms with E-state index in [2.05, 4.69) is 36.2 Å². The molecule has 2 atom stereocenters. The monoisotopic (exact) mass is 255 g/mol. The Morgan fingerprint density at radius 1 is 1.33 bits per heavy atom. The van der Waals surface area contributed by atoms with Crippen LogP contribution in [-0.4, -0.2) is 29.3 Å². The van der Waals surface area contributed by atoms with Gasteiger partial charge in [0.15, 0.2) is 0 Å². The summed E-state index contributed by atoms with van der Waals surface area (Å²) in [4.78, 5) is 4.46. The van der Waals surface area contributed by atoms with E-state index in [-0.39, 0.29) is 5.92 Å². The molecule has 0 aromatic carbocycles. The topological polar surface area (TPSA) is 60.2 Å². The number of hydrogen-bond acceptors (Lipinski definition) is 5. The molecule has 0 aliphatic heterocycles. The number of ether oxygens (including phenoxy) is 1. The quantitative estimate of drug-likeness (QED) is 0.811. The van der Waals surface area contributed by atoms with Crippen LogP contribution >= 0.6 is 0 Å². The van der Waals surface area contributed by atoms with Gasteiger partial charge in [0.1, 0.15) is 5.60 Å². The van der Waals surface area contributed by atoms with Crippen LogP contribution in [0.2, 0.25) is 0 Å². The number of likely N-dealkylation sites (N-methyl/N-ethyl adjacent to an activating group) is 1. The van der Waals surface area contributed by atoms with Crippen molar-refractivity contribution in [1.82, 2.24) is 15.5 Å². The molecular formula is C13H25N3O2. The highest BCUT2D eigenvalue weighted by Gasteiger charge is 2.29. The first-order valence-electron chi connectivity index (χ1n) is 6.63. The van der Waals surface area contributed by atoms with Gasteiger partial charge >= 0.3 is 0 Å². The lowest BCUT2D eigenvalue weighted by molar-refractivity contribution is -0.0221. The minimum Gasteiger partial charge on any atom is -0.368 e. The van der Waals surface area contributed by atoms with Crippen LogP contribution in [-0.2, 0) is 10.3 Å². The third-order valence-electron chi connectivity index (χ3n) is 3.15. The summed E-state index contributed by atoms with van der Waals surface area (Å²) in [5, 5.41) is 7.39. The predicted octanol–water partition coefficient (Wildman–Crippen LogP) is 2.44. The van der Waals surface area contributed by atoms with Gasteiger partial charge in [-0.05, 0) is 34.2 Å². The summed E-state index contributed by atoms with van der Waals surface area (Å²) < 4.78 is 11.0. The van der Waals surface area contributed by atoms with E-state index in [1.165, 1.54) is 0 Å². The molecule has 5 nitrogen and oxygen atoms in total. The number of rotatable bonds is 7. The number of nitrogens with one attached hydrogen (secondary N) is 1. The molecule has 0 radical (unpaired) electrons. The summed E-state index contributed by atoms with van der Waals surface area (Å²) >= 11 is 0. The molecule has 0 spiro atoms. The molecule has 0 bridgehead atoms. The van der Waals surface area contributed by atoms with E-state index < -0.39 is 5.60 Å². The van der Waals surface area contributed by atoms with Gasteiger partial charge in [0.2, 0.25) is 11.7 Å². The molecule has 104 valence electrons. The van der Waals surface area contributed by atoms with Crippen molar-refractivity contribution >= 4 is 0 Å². The van der Waals surface area contributed by atoms with Crippen LogP contribution in [0.4, 0.5) is 0 Å². The second-order valence-electron chi connectivity index (χ2n) is 5.03. The van der Waals surface area contributed by atoms with Crippen molar-refractivity contribution in [2.24, 2.45) is 0 Å². The number of nitrogens with zero attached hydrogens (tertiary/aromatic N) is 2. The SMILES string of the molecule is CCNC(C)C(C)c1nc(C(C)(C)OCC)no1. The second kappa shape index (κ2) is 6.29. The molecule has 0 saturated carbocycles. The summed E-state index contributed by atoms with van der Waals surface area (Å²) in [6, 6.07) is 0.304. The Bertz CT molecular complexity index is 363. The van der Waals surface area contributed by atoms with E-state index in [4.69, 9.17) is 9.26 Å². The molecule has 5 heteroatoms. The highest BCUT2D eigenvalue weighted by molar-refractivity contribution is 5.01. The molecule has 0 saturated heterocycles. The van der Waals surface area contributed by atoms with E-state index in [1.807, 2.05) is 20.8 Å². The minimum atomic E-state index is -0.502. The molecular weight excluding hydrogens is 230 g/mol. The Morgan fingerprint density at radius 3 is 2.56 bits per heavy atom. The highest BCUT2D eigenvalue weighted by atomic mass is 16.5. The third kappa shape index (κ3) is 3.53. The van der Waals surface area contributed by atoms with E-state index in [9.17, 15) is 0 Å². The molecule has 0 aliphatic rings. The minimum absolute atomic E-state index is 0.184. The Morgan fingerprint density at radius 2 is 2.00 bits per heavy atom. The largest absolute Gasteiger partial charge is 0.368 e. The van der Waals surface area contributed by atoms with Crippen molar-refractivity contribution in [1.29, 1.82) is 0 Å². The van der Waals surface area contributed by atoms with Gasteiger partial charge < -0.3 is 14.6 Å². The molecule has 2 unspecified atom stereocenters. The second-order valence-corrected chi connectivity index (χ2v) is 5.03. The maximum atomic E-state index is 5.62. The van der Waals surface area contributed by atoms with Crippen LogP contribution in [0.25, 0.3) is 0 Å². The van der Waals surface area contributed by atoms with Crippen LogP contribution in [0, 0.1) is 0 Å². The summed E-state index contributed by atoms with van der Waals surface area (Å²) in [7, 11) is 0. The Hall–Kier alpha value is -0.940. The van der Waals surface area contributed by atoms with Gasteiger partial charge in [0.25, 0.3) is 0 Å². The highest BCUT2D eigenvalue weighted by Crippen LogP contribution is 2.24. The summed E-state index contributed by atoms with van der Waals surface area (Å²) in [5.74, 6) is 1.45. The maximum absolute atomic E-state index is 5.62. The van der Waals surface area contributed by atoms with Crippen LogP contribution in [0.3, 0.4) is 0 Å². The summed E-state index contributed by atoms with van der Waals surface area (Å²) in [6.45, 7) is 13.7. The van der Waals surface area contributed by atoms with E-state index >= 15 is 0 Å². The fourth-order valence-electron chi connectivity index (χ4n) is 1.80. The van der Waals surface area contributed by atoms with Gasteiger partial charge in [-0.1, -0.05) is 19.0 Å². The molecule has 1 heterocycles. The van der Waals surface area contributed by atoms with Gasteiger partial charge in [0, 0.05) is 12.6 Å². The van der Waals surface area contributed by atoms with Gasteiger partial charge in [-0.3, -0.25) is 0 Å². The average molecular weight is 255 g/mol. The lowest BCUT2D eigenvalue weighted by atomic mass is 10.0. The molecule has 1 rings (SSSR count). The normalized spacial score (nSPS) is 15.7. The standard InChI is InChI=1S/C13H25N3O2/c1-7-14-10(4)9(3)11-15-12(16-18-11)13(5,6)17-8-2/h9-10,14H,7-8H2,1-6H3. The van der Waals surface area contributed by atoms with Crippen molar-refractivity contribution in [3.63, 3.8) is 0 Å². The zero-order valence-electron chi connectivity index (χ0n) is 12.3. The van der Waals surface area contributed by atoms with Crippen molar-refractivity contribution in [2.45, 2.75) is 59.1 Å². The van der Waals surface area contributed by atoms with Crippen LogP contribution < -0.4 is 5.32 Å². The first-order chi connectivity index (χ1) is 8.42. The van der Waals surface area contributed by atoms with Gasteiger partial charge in [-0.15, -0.1) is 0 Å². The smallest absolute Gasteiger partial charge is 0.231 e. The maximum Gasteiger partial charge on any atom is 0.231 e. The number of aromatic nitrogens is 2. The lowest BCUT2D eigenvalue weighted by Gasteiger charge is -2.20. The van der Waals surface area contributed by atoms with Gasteiger partial charge in [-0.25, -0.2) is 0 Å². The molecule has 0 amide bonds. The molecule has 0 aliphatic carbocycles. The van der Waals surface area contributed by atoms with Crippen molar-refractivity contribution in [3.8, 4) is 0 Å². The average Bonchev–Trinajstić information content (AvgIpc) is 2.78. The van der Waals surface area contributed by atoms with E-state index in [0.717, 1.165) is 6.54 Å². The van der Waals surface area contributed by atoms with Crippen LogP contribution in [0.15, 0.2) is 4.52 Å². The molecule has 1 aromatic rings. The lowest BCUT2D eigenvalue weighted by Crippen LogP contribution is -2.31. The molecule has 1 aromatic heterocycles. The Kier molecular flexibility index (Phi) is 5.28. The predicted molar refractivity (Wildman–Crippen MR) is 70.5 cm³/mol. The fourth-order valence-corrected chi connectivity index (χ4v) is 1.80. The fraction of sp³-hybridized carbons (Fsp3) is 0.846. The van der Waals surface area contributed by atoms with Crippen LogP contribution in [0.5, 0.6) is 0 Å². The first-order valence-corrected chi connectivity index (χ1v) is 6.63. The number of hydrogen-bond donors (Lipinski definition) is 1. The third-order valence-corrected chi connectivity index (χ3v) is 3.15. The zero-order valence-corrected chi connectivity index (χ0v) is 12.3. The first kappa shape index (κ1) is 15.1. The van der Waals surface area contributed by atoms with E-state index in [1.54, 1.807) is 0 Å². The van der Waals surface area contributed by atoms with Crippen molar-refractivity contribution in [2.75, 3.05) is 13.2 Å². The molecule has 18 heavy (non-hydrogen) atoms. The summed E-state index contributed by atoms with van der Waals surface area (Å²) in [5.41, 5.74) is -0.502. The molecule has 0 fully saturated rings. The zero-order chi connectivity index (χ0) is 13.8. The Labute approximate surface area is 109 Å². The van der Waals surface area contributed by atoms with Crippen LogP contribution in [0.1, 0.15) is 59.2 Å². The van der Waals surface area contributed by atoms with Crippen molar-refractivity contribution in [3.05, 3.63) is 11.7 Å². The van der Waals surface area contributed by atoms with E-state index in [0.29, 0.717) is 24.4 Å². The Balaban J connectivity index is 2.79. The van der Waals surface area contributed by atoms with Gasteiger partial charge in [0.05, 0.1) is 5.92 Å². The van der Waals surface area contributed by atoms with Gasteiger partial charge in [-0.2, -0.15) is 4.98 Å². The summed E-state index contributed by atoms with van der Waals surface area (Å²) in [6.07, 6.45) is 0. The van der Waals surface area contributed by atoms with Crippen molar-refractivity contribution < 1.29 is 9.26 Å². The molecule has 1 N–H and O–H groups in total.